The van der Waals surface area contributed by atoms with E-state index < -0.39 is 17.3 Å². The number of pyridine rings is 1. The predicted molar refractivity (Wildman–Crippen MR) is 203 cm³/mol. The van der Waals surface area contributed by atoms with Crippen molar-refractivity contribution in [3.05, 3.63) is 127 Å². The van der Waals surface area contributed by atoms with Crippen molar-refractivity contribution in [1.29, 1.82) is 0 Å². The number of ether oxygens (including phenoxy) is 1. The molecule has 2 aromatic carbocycles. The molecule has 0 spiro atoms. The van der Waals surface area contributed by atoms with Crippen LogP contribution in [-0.2, 0) is 12.0 Å². The molecule has 1 aliphatic heterocycles. The second-order valence-electron chi connectivity index (χ2n) is 14.3. The van der Waals surface area contributed by atoms with Crippen molar-refractivity contribution >= 4 is 16.8 Å². The van der Waals surface area contributed by atoms with Gasteiger partial charge in [-0.3, -0.25) is 18.9 Å². The number of rotatable bonds is 8. The van der Waals surface area contributed by atoms with Gasteiger partial charge in [-0.05, 0) is 99.7 Å². The molecule has 0 bridgehead atoms. The van der Waals surface area contributed by atoms with Gasteiger partial charge in [0.25, 0.3) is 5.91 Å². The summed E-state index contributed by atoms with van der Waals surface area (Å²) in [5.74, 6) is -0.0120. The third kappa shape index (κ3) is 5.51. The first-order valence-corrected chi connectivity index (χ1v) is 18.0. The molecular formula is C40H40FN9O5. The van der Waals surface area contributed by atoms with E-state index in [-0.39, 0.29) is 23.2 Å². The SMILES string of the molecule is CC[C@](C)(c1noc(=O)[nH]1)n1c(C(=O)N2CCc3nn(-c4cc(C)c(F)c(C)c4)c(-n4cc[nH]c4=O)c3[C@@H]2C)cc2cc(-c3ccnc(OC)c3C)ccc21. The second kappa shape index (κ2) is 13.1. The summed E-state index contributed by atoms with van der Waals surface area (Å²) in [5.41, 5.74) is 5.37. The molecule has 1 aliphatic rings. The average Bonchev–Trinajstić information content (AvgIpc) is 3.98. The Balaban J connectivity index is 1.30. The van der Waals surface area contributed by atoms with Gasteiger partial charge in [-0.15, -0.1) is 0 Å². The zero-order valence-corrected chi connectivity index (χ0v) is 31.5. The van der Waals surface area contributed by atoms with E-state index in [2.05, 4.69) is 20.1 Å². The Morgan fingerprint density at radius 1 is 1.11 bits per heavy atom. The number of methoxy groups -OCH3 is 1. The smallest absolute Gasteiger partial charge is 0.438 e. The molecule has 6 heterocycles. The molecule has 0 fully saturated rings. The number of benzene rings is 2. The van der Waals surface area contributed by atoms with Crippen LogP contribution in [0.25, 0.3) is 33.5 Å². The highest BCUT2D eigenvalue weighted by molar-refractivity contribution is 6.00. The Hall–Kier alpha value is -6.51. The monoisotopic (exact) mass is 745 g/mol. The number of nitrogens with zero attached hydrogens (tertiary/aromatic N) is 7. The van der Waals surface area contributed by atoms with Crippen molar-refractivity contribution < 1.29 is 18.4 Å². The highest BCUT2D eigenvalue weighted by Gasteiger charge is 2.40. The molecule has 2 N–H and O–H groups in total. The number of carbonyl (C=O) groups excluding carboxylic acids is 1. The number of nitrogens with one attached hydrogen (secondary N) is 2. The van der Waals surface area contributed by atoms with Crippen LogP contribution in [-0.4, -0.2) is 63.5 Å². The molecule has 7 aromatic rings. The van der Waals surface area contributed by atoms with Crippen LogP contribution in [0.15, 0.2) is 75.2 Å². The normalized spacial score (nSPS) is 15.3. The Labute approximate surface area is 314 Å². The molecule has 282 valence electrons. The Kier molecular flexibility index (Phi) is 8.46. The molecule has 15 heteroatoms. The summed E-state index contributed by atoms with van der Waals surface area (Å²) in [6, 6.07) is 12.6. The summed E-state index contributed by atoms with van der Waals surface area (Å²) in [7, 11) is 1.58. The van der Waals surface area contributed by atoms with Gasteiger partial charge in [0.05, 0.1) is 24.5 Å². The van der Waals surface area contributed by atoms with Gasteiger partial charge in [0.1, 0.15) is 22.9 Å². The van der Waals surface area contributed by atoms with Gasteiger partial charge in [-0.25, -0.2) is 23.6 Å². The lowest BCUT2D eigenvalue weighted by atomic mass is 9.95. The van der Waals surface area contributed by atoms with Crippen molar-refractivity contribution in [2.45, 2.75) is 66.0 Å². The molecule has 0 radical (unpaired) electrons. The van der Waals surface area contributed by atoms with E-state index in [1.54, 1.807) is 61.3 Å². The maximum atomic E-state index is 15.2. The van der Waals surface area contributed by atoms with Gasteiger partial charge in [0.15, 0.2) is 5.82 Å². The number of aryl methyl sites for hydroxylation is 2. The van der Waals surface area contributed by atoms with E-state index in [1.807, 2.05) is 62.6 Å². The quantitative estimate of drug-likeness (QED) is 0.190. The van der Waals surface area contributed by atoms with E-state index in [9.17, 15) is 14.0 Å². The average molecular weight is 746 g/mol. The minimum Gasteiger partial charge on any atom is -0.481 e. The van der Waals surface area contributed by atoms with Gasteiger partial charge in [0, 0.05) is 53.6 Å². The van der Waals surface area contributed by atoms with E-state index in [1.165, 1.54) is 4.57 Å². The summed E-state index contributed by atoms with van der Waals surface area (Å²) >= 11 is 0. The summed E-state index contributed by atoms with van der Waals surface area (Å²) in [5, 5.41) is 9.85. The lowest BCUT2D eigenvalue weighted by molar-refractivity contribution is 0.0660. The highest BCUT2D eigenvalue weighted by Crippen LogP contribution is 2.40. The maximum Gasteiger partial charge on any atom is 0.438 e. The Morgan fingerprint density at radius 3 is 2.53 bits per heavy atom. The summed E-state index contributed by atoms with van der Waals surface area (Å²) in [6.07, 6.45) is 5.71. The third-order valence-corrected chi connectivity index (χ3v) is 11.1. The van der Waals surface area contributed by atoms with E-state index >= 15 is 4.79 Å². The van der Waals surface area contributed by atoms with E-state index in [4.69, 9.17) is 14.4 Å². The molecule has 5 aromatic heterocycles. The molecular weight excluding hydrogens is 705 g/mol. The van der Waals surface area contributed by atoms with Crippen molar-refractivity contribution in [2.24, 2.45) is 0 Å². The maximum absolute atomic E-state index is 15.2. The van der Waals surface area contributed by atoms with E-state index in [0.717, 1.165) is 33.3 Å². The number of amides is 1. The number of aromatic nitrogens is 8. The van der Waals surface area contributed by atoms with Gasteiger partial charge in [-0.1, -0.05) is 18.1 Å². The summed E-state index contributed by atoms with van der Waals surface area (Å²) < 4.78 is 30.3. The number of H-pyrrole nitrogens is 2. The van der Waals surface area contributed by atoms with Crippen LogP contribution in [0.5, 0.6) is 5.88 Å². The van der Waals surface area contributed by atoms with Crippen LogP contribution < -0.4 is 16.2 Å². The first kappa shape index (κ1) is 35.5. The number of imidazole rings is 1. The van der Waals surface area contributed by atoms with Crippen molar-refractivity contribution in [3.63, 3.8) is 0 Å². The van der Waals surface area contributed by atoms with Gasteiger partial charge in [0.2, 0.25) is 5.88 Å². The van der Waals surface area contributed by atoms with Crippen molar-refractivity contribution in [1.82, 2.24) is 43.9 Å². The second-order valence-corrected chi connectivity index (χ2v) is 14.3. The van der Waals surface area contributed by atoms with Crippen molar-refractivity contribution in [3.8, 4) is 28.5 Å². The fraction of sp³-hybridized carbons (Fsp3) is 0.300. The van der Waals surface area contributed by atoms with Gasteiger partial charge < -0.3 is 19.2 Å². The Bertz CT molecular complexity index is 2740. The number of aromatic amines is 2. The zero-order chi connectivity index (χ0) is 38.9. The first-order valence-electron chi connectivity index (χ1n) is 18.0. The number of carbonyl (C=O) groups is 1. The van der Waals surface area contributed by atoms with Crippen molar-refractivity contribution in [2.75, 3.05) is 13.7 Å². The van der Waals surface area contributed by atoms with Gasteiger partial charge in [-0.2, -0.15) is 5.10 Å². The van der Waals surface area contributed by atoms with Crippen LogP contribution in [0, 0.1) is 26.6 Å². The first-order chi connectivity index (χ1) is 26.4. The molecule has 1 amide bonds. The van der Waals surface area contributed by atoms with Crippen LogP contribution in [0.2, 0.25) is 0 Å². The minimum atomic E-state index is -1.01. The molecule has 0 aliphatic carbocycles. The fourth-order valence-corrected chi connectivity index (χ4v) is 8.02. The van der Waals surface area contributed by atoms with Crippen LogP contribution in [0.3, 0.4) is 0 Å². The number of halogens is 1. The highest BCUT2D eigenvalue weighted by atomic mass is 19.1. The fourth-order valence-electron chi connectivity index (χ4n) is 8.02. The van der Waals surface area contributed by atoms with Crippen LogP contribution in [0.1, 0.15) is 77.5 Å². The standard InChI is InChI=1S/C40H40FN9O5/c1-8-40(6,37-44-39(53)55-46-37)49-30-10-9-25(28-11-13-42-34(54-7)23(28)4)19-26(30)20-31(49)36(51)47-15-12-29-32(24(47)5)35(48-16-14-43-38(48)52)50(45-29)27-17-21(2)33(41)22(3)18-27/h9-11,13-14,16-20,24H,8,12,15H2,1-7H3,(H,43,52)(H,44,46,53)/t24-,40+/m0/s1. The number of hydrogen-bond donors (Lipinski definition) is 2. The largest absolute Gasteiger partial charge is 0.481 e. The summed E-state index contributed by atoms with van der Waals surface area (Å²) in [6.45, 7) is 11.4. The minimum absolute atomic E-state index is 0.267. The number of hydrogen-bond acceptors (Lipinski definition) is 8. The number of fused-ring (bicyclic) bond motifs is 2. The lowest BCUT2D eigenvalue weighted by Gasteiger charge is -2.36. The third-order valence-electron chi connectivity index (χ3n) is 11.1. The lowest BCUT2D eigenvalue weighted by Crippen LogP contribution is -2.42. The topological polar surface area (TPSA) is 162 Å². The van der Waals surface area contributed by atoms with E-state index in [0.29, 0.717) is 59.2 Å². The van der Waals surface area contributed by atoms with Crippen LogP contribution >= 0.6 is 0 Å². The molecule has 0 saturated heterocycles. The Morgan fingerprint density at radius 2 is 1.87 bits per heavy atom. The molecule has 55 heavy (non-hydrogen) atoms. The molecule has 14 nitrogen and oxygen atoms in total. The molecule has 8 rings (SSSR count). The predicted octanol–water partition coefficient (Wildman–Crippen LogP) is 6.05. The summed E-state index contributed by atoms with van der Waals surface area (Å²) in [4.78, 5) is 52.2. The molecule has 0 saturated carbocycles. The van der Waals surface area contributed by atoms with Crippen LogP contribution in [0.4, 0.5) is 4.39 Å². The van der Waals surface area contributed by atoms with Gasteiger partial charge >= 0.3 is 11.4 Å². The zero-order valence-electron chi connectivity index (χ0n) is 31.5. The molecule has 2 atom stereocenters. The molecule has 0 unspecified atom stereocenters.